The molecular weight excluding hydrogens is 616 g/mol. The number of sulfonamides is 1. The van der Waals surface area contributed by atoms with Gasteiger partial charge in [-0.1, -0.05) is 70.2 Å². The molecule has 1 unspecified atom stereocenters. The lowest BCUT2D eigenvalue weighted by Gasteiger charge is -2.33. The van der Waals surface area contributed by atoms with Crippen molar-refractivity contribution in [3.63, 3.8) is 0 Å². The van der Waals surface area contributed by atoms with Gasteiger partial charge in [-0.05, 0) is 70.2 Å². The summed E-state index contributed by atoms with van der Waals surface area (Å²) in [6.07, 6.45) is 0. The van der Waals surface area contributed by atoms with Crippen molar-refractivity contribution in [1.29, 1.82) is 0 Å². The lowest BCUT2D eigenvalue weighted by Crippen LogP contribution is -2.52. The molecule has 40 heavy (non-hydrogen) atoms. The highest BCUT2D eigenvalue weighted by Gasteiger charge is 2.34. The molecule has 0 saturated carbocycles. The summed E-state index contributed by atoms with van der Waals surface area (Å²) in [5.41, 5.74) is 1.28. The van der Waals surface area contributed by atoms with Crippen LogP contribution in [0.3, 0.4) is 0 Å². The number of amides is 2. The van der Waals surface area contributed by atoms with Gasteiger partial charge >= 0.3 is 0 Å². The van der Waals surface area contributed by atoms with Crippen LogP contribution in [0.2, 0.25) is 20.1 Å². The van der Waals surface area contributed by atoms with Crippen LogP contribution in [0.4, 0.5) is 5.69 Å². The van der Waals surface area contributed by atoms with Gasteiger partial charge in [-0.25, -0.2) is 8.42 Å². The number of aryl methyl sites for hydroxylation is 1. The normalized spacial score (nSPS) is 12.2. The van der Waals surface area contributed by atoms with Crippen LogP contribution < -0.4 is 9.62 Å². The molecule has 0 aliphatic heterocycles. The topological polar surface area (TPSA) is 86.8 Å². The van der Waals surface area contributed by atoms with E-state index in [0.29, 0.717) is 15.6 Å². The van der Waals surface area contributed by atoms with Gasteiger partial charge in [-0.3, -0.25) is 13.9 Å². The maximum absolute atomic E-state index is 14.0. The molecule has 0 aromatic heterocycles. The maximum Gasteiger partial charge on any atom is 0.264 e. The minimum Gasteiger partial charge on any atom is -0.352 e. The van der Waals surface area contributed by atoms with E-state index in [1.54, 1.807) is 51.1 Å². The van der Waals surface area contributed by atoms with E-state index in [1.807, 2.05) is 6.92 Å². The van der Waals surface area contributed by atoms with Gasteiger partial charge in [0.2, 0.25) is 11.8 Å². The van der Waals surface area contributed by atoms with Gasteiger partial charge < -0.3 is 10.2 Å². The molecule has 0 radical (unpaired) electrons. The van der Waals surface area contributed by atoms with Crippen LogP contribution in [0, 0.1) is 6.92 Å². The van der Waals surface area contributed by atoms with E-state index < -0.39 is 34.4 Å². The van der Waals surface area contributed by atoms with E-state index in [1.165, 1.54) is 35.2 Å². The van der Waals surface area contributed by atoms with Gasteiger partial charge in [-0.15, -0.1) is 0 Å². The van der Waals surface area contributed by atoms with Crippen molar-refractivity contribution < 1.29 is 18.0 Å². The molecule has 1 N–H and O–H groups in total. The summed E-state index contributed by atoms with van der Waals surface area (Å²) >= 11 is 25.4. The van der Waals surface area contributed by atoms with Crippen molar-refractivity contribution in [1.82, 2.24) is 10.2 Å². The van der Waals surface area contributed by atoms with E-state index in [-0.39, 0.29) is 33.2 Å². The number of carbonyl (C=O) groups excluding carboxylic acids is 2. The summed E-state index contributed by atoms with van der Waals surface area (Å²) < 4.78 is 28.7. The lowest BCUT2D eigenvalue weighted by atomic mass is 10.1. The Hall–Kier alpha value is -2.49. The fraction of sp³-hybridized carbons (Fsp3) is 0.286. The van der Waals surface area contributed by atoms with Crippen LogP contribution in [0.5, 0.6) is 0 Å². The summed E-state index contributed by atoms with van der Waals surface area (Å²) in [6, 6.07) is 14.2. The van der Waals surface area contributed by atoms with E-state index in [9.17, 15) is 18.0 Å². The van der Waals surface area contributed by atoms with E-state index in [4.69, 9.17) is 46.4 Å². The van der Waals surface area contributed by atoms with E-state index >= 15 is 0 Å². The SMILES string of the molecule is Cc1ccc(S(=O)(=O)N(CC(=O)N(Cc2c(Cl)cccc2Cl)C(C)C(=O)NC(C)C)c2cc(Cl)ccc2Cl)cc1. The largest absolute Gasteiger partial charge is 0.352 e. The Balaban J connectivity index is 2.11. The second-order valence-corrected chi connectivity index (χ2v) is 13.0. The number of hydrogen-bond donors (Lipinski definition) is 1. The molecule has 0 heterocycles. The smallest absolute Gasteiger partial charge is 0.264 e. The van der Waals surface area contributed by atoms with Crippen molar-refractivity contribution in [2.75, 3.05) is 10.8 Å². The van der Waals surface area contributed by atoms with Gasteiger partial charge in [0.25, 0.3) is 10.0 Å². The van der Waals surface area contributed by atoms with Crippen LogP contribution >= 0.6 is 46.4 Å². The number of hydrogen-bond acceptors (Lipinski definition) is 4. The van der Waals surface area contributed by atoms with Crippen molar-refractivity contribution in [2.24, 2.45) is 0 Å². The van der Waals surface area contributed by atoms with E-state index in [2.05, 4.69) is 5.32 Å². The maximum atomic E-state index is 14.0. The molecule has 0 fully saturated rings. The van der Waals surface area contributed by atoms with Crippen LogP contribution in [-0.2, 0) is 26.2 Å². The first-order valence-electron chi connectivity index (χ1n) is 12.3. The number of carbonyl (C=O) groups is 2. The zero-order valence-electron chi connectivity index (χ0n) is 22.3. The van der Waals surface area contributed by atoms with Crippen molar-refractivity contribution >= 4 is 73.9 Å². The summed E-state index contributed by atoms with van der Waals surface area (Å²) in [6.45, 7) is 6.12. The number of halogens is 4. The monoisotopic (exact) mass is 643 g/mol. The Morgan fingerprint density at radius 1 is 0.875 bits per heavy atom. The average molecular weight is 645 g/mol. The third kappa shape index (κ3) is 7.62. The van der Waals surface area contributed by atoms with Crippen molar-refractivity contribution in [2.45, 2.75) is 51.2 Å². The molecule has 7 nitrogen and oxygen atoms in total. The van der Waals surface area contributed by atoms with Crippen LogP contribution in [0.1, 0.15) is 31.9 Å². The molecule has 12 heteroatoms. The molecule has 0 saturated heterocycles. The molecule has 0 spiro atoms. The molecule has 3 rings (SSSR count). The van der Waals surface area contributed by atoms with Crippen molar-refractivity contribution in [3.05, 3.63) is 91.9 Å². The van der Waals surface area contributed by atoms with Gasteiger partial charge in [-0.2, -0.15) is 0 Å². The minimum atomic E-state index is -4.30. The Bertz CT molecular complexity index is 1480. The lowest BCUT2D eigenvalue weighted by molar-refractivity contribution is -0.139. The highest BCUT2D eigenvalue weighted by atomic mass is 35.5. The van der Waals surface area contributed by atoms with Gasteiger partial charge in [0.05, 0.1) is 15.6 Å². The molecule has 214 valence electrons. The molecule has 3 aromatic rings. The highest BCUT2D eigenvalue weighted by Crippen LogP contribution is 2.34. The first kappa shape index (κ1) is 32.0. The van der Waals surface area contributed by atoms with Crippen LogP contribution in [0.15, 0.2) is 65.6 Å². The van der Waals surface area contributed by atoms with Gasteiger partial charge in [0.1, 0.15) is 12.6 Å². The summed E-state index contributed by atoms with van der Waals surface area (Å²) in [7, 11) is -4.30. The zero-order chi connectivity index (χ0) is 29.8. The number of benzene rings is 3. The molecular formula is C28H29Cl4N3O4S. The average Bonchev–Trinajstić information content (AvgIpc) is 2.88. The second-order valence-electron chi connectivity index (χ2n) is 9.48. The second kappa shape index (κ2) is 13.4. The fourth-order valence-corrected chi connectivity index (χ4v) is 6.25. The number of nitrogens with zero attached hydrogens (tertiary/aromatic N) is 2. The zero-order valence-corrected chi connectivity index (χ0v) is 26.1. The summed E-state index contributed by atoms with van der Waals surface area (Å²) in [4.78, 5) is 28.2. The van der Waals surface area contributed by atoms with Gasteiger partial charge in [0, 0.05) is 33.2 Å². The molecule has 0 aliphatic carbocycles. The van der Waals surface area contributed by atoms with E-state index in [0.717, 1.165) is 9.87 Å². The van der Waals surface area contributed by atoms with Crippen LogP contribution in [-0.4, -0.2) is 43.8 Å². The standard InChI is InChI=1S/C28H29Cl4N3O4S/c1-17(2)33-28(37)19(4)34(15-22-23(30)6-5-7-24(22)31)27(36)16-35(26-14-20(29)10-13-25(26)32)40(38,39)21-11-8-18(3)9-12-21/h5-14,17,19H,15-16H2,1-4H3,(H,33,37). The number of nitrogens with one attached hydrogen (secondary N) is 1. The minimum absolute atomic E-state index is 0.0121. The molecule has 0 aliphatic rings. The predicted molar refractivity (Wildman–Crippen MR) is 162 cm³/mol. The Labute approximate surface area is 255 Å². The number of rotatable bonds is 10. The fourth-order valence-electron chi connectivity index (χ4n) is 3.87. The van der Waals surface area contributed by atoms with Crippen molar-refractivity contribution in [3.8, 4) is 0 Å². The third-order valence-corrected chi connectivity index (χ3v) is 9.09. The molecule has 3 aromatic carbocycles. The quantitative estimate of drug-likeness (QED) is 0.265. The summed E-state index contributed by atoms with van der Waals surface area (Å²) in [5.74, 6) is -1.12. The first-order valence-corrected chi connectivity index (χ1v) is 15.2. The van der Waals surface area contributed by atoms with Gasteiger partial charge in [0.15, 0.2) is 0 Å². The molecule has 1 atom stereocenters. The number of anilines is 1. The molecule has 0 bridgehead atoms. The summed E-state index contributed by atoms with van der Waals surface area (Å²) in [5, 5.41) is 3.67. The Morgan fingerprint density at radius 3 is 2.05 bits per heavy atom. The third-order valence-electron chi connectivity index (χ3n) is 6.05. The molecule has 2 amide bonds. The predicted octanol–water partition coefficient (Wildman–Crippen LogP) is 6.75. The Morgan fingerprint density at radius 2 is 1.48 bits per heavy atom. The highest BCUT2D eigenvalue weighted by molar-refractivity contribution is 7.92. The first-order chi connectivity index (χ1) is 18.7. The van der Waals surface area contributed by atoms with Crippen LogP contribution in [0.25, 0.3) is 0 Å². The Kier molecular flexibility index (Phi) is 10.8.